The van der Waals surface area contributed by atoms with Crippen molar-refractivity contribution in [3.63, 3.8) is 0 Å². The monoisotopic (exact) mass is 440 g/mol. The number of imide groups is 1. The fraction of sp³-hybridized carbons (Fsp3) is 0.375. The third-order valence-electron chi connectivity index (χ3n) is 4.84. The van der Waals surface area contributed by atoms with Gasteiger partial charge in [-0.2, -0.15) is 0 Å². The molecule has 0 aliphatic carbocycles. The summed E-state index contributed by atoms with van der Waals surface area (Å²) in [7, 11) is 1.72. The SMILES string of the molecule is Cc1cc(CC2SC(=O)NC2=O)ccc1-c1cccc(CN(C)C(=O)OC(C)(C)C)c1. The Morgan fingerprint density at radius 1 is 1.13 bits per heavy atom. The first kappa shape index (κ1) is 22.9. The Kier molecular flexibility index (Phi) is 6.74. The summed E-state index contributed by atoms with van der Waals surface area (Å²) in [4.78, 5) is 37.0. The minimum Gasteiger partial charge on any atom is -0.444 e. The number of hydrogen-bond acceptors (Lipinski definition) is 5. The van der Waals surface area contributed by atoms with Crippen LogP contribution in [0.3, 0.4) is 0 Å². The number of nitrogens with zero attached hydrogens (tertiary/aromatic N) is 1. The molecule has 164 valence electrons. The molecule has 0 bridgehead atoms. The summed E-state index contributed by atoms with van der Waals surface area (Å²) in [5, 5.41) is 1.68. The summed E-state index contributed by atoms with van der Waals surface area (Å²) in [6.45, 7) is 8.03. The third kappa shape index (κ3) is 6.10. The van der Waals surface area contributed by atoms with Gasteiger partial charge in [0.05, 0.1) is 5.25 Å². The second-order valence-corrected chi connectivity index (χ2v) is 9.95. The molecule has 0 spiro atoms. The van der Waals surface area contributed by atoms with E-state index in [1.54, 1.807) is 11.9 Å². The van der Waals surface area contributed by atoms with Gasteiger partial charge in [-0.15, -0.1) is 0 Å². The van der Waals surface area contributed by atoms with Crippen molar-refractivity contribution >= 4 is 29.0 Å². The Labute approximate surface area is 187 Å². The van der Waals surface area contributed by atoms with Gasteiger partial charge in [0.15, 0.2) is 0 Å². The predicted molar refractivity (Wildman–Crippen MR) is 123 cm³/mol. The van der Waals surface area contributed by atoms with E-state index in [9.17, 15) is 14.4 Å². The molecule has 3 amide bonds. The van der Waals surface area contributed by atoms with Crippen LogP contribution in [0, 0.1) is 6.92 Å². The van der Waals surface area contributed by atoms with Crippen molar-refractivity contribution in [1.29, 1.82) is 0 Å². The highest BCUT2D eigenvalue weighted by atomic mass is 32.2. The first-order chi connectivity index (χ1) is 14.5. The highest BCUT2D eigenvalue weighted by Gasteiger charge is 2.31. The van der Waals surface area contributed by atoms with E-state index in [2.05, 4.69) is 17.4 Å². The van der Waals surface area contributed by atoms with Gasteiger partial charge in [0.25, 0.3) is 5.24 Å². The number of benzene rings is 2. The zero-order chi connectivity index (χ0) is 22.8. The standard InChI is InChI=1S/C24H28N2O4S/c1-15-11-16(13-20-21(27)25-22(28)31-20)9-10-19(15)18-8-6-7-17(12-18)14-26(5)23(29)30-24(2,3)4/h6-12,20H,13-14H2,1-5H3,(H,25,27,28). The quantitative estimate of drug-likeness (QED) is 0.714. The molecule has 31 heavy (non-hydrogen) atoms. The van der Waals surface area contributed by atoms with Gasteiger partial charge in [-0.25, -0.2) is 4.79 Å². The molecule has 1 atom stereocenters. The van der Waals surface area contributed by atoms with Crippen molar-refractivity contribution in [3.05, 3.63) is 59.2 Å². The number of rotatable bonds is 5. The number of ether oxygens (including phenoxy) is 1. The lowest BCUT2D eigenvalue weighted by Gasteiger charge is -2.24. The van der Waals surface area contributed by atoms with E-state index in [-0.39, 0.29) is 22.5 Å². The van der Waals surface area contributed by atoms with Gasteiger partial charge in [0, 0.05) is 13.6 Å². The van der Waals surface area contributed by atoms with Crippen LogP contribution in [0.5, 0.6) is 0 Å². The Hall–Kier alpha value is -2.80. The van der Waals surface area contributed by atoms with E-state index in [1.165, 1.54) is 0 Å². The summed E-state index contributed by atoms with van der Waals surface area (Å²) < 4.78 is 5.42. The summed E-state index contributed by atoms with van der Waals surface area (Å²) in [5.74, 6) is -0.224. The highest BCUT2D eigenvalue weighted by Crippen LogP contribution is 2.28. The number of hydrogen-bond donors (Lipinski definition) is 1. The molecule has 6 nitrogen and oxygen atoms in total. The summed E-state index contributed by atoms with van der Waals surface area (Å²) in [5.41, 5.74) is 4.73. The Balaban J connectivity index is 1.72. The van der Waals surface area contributed by atoms with Crippen molar-refractivity contribution < 1.29 is 19.1 Å². The van der Waals surface area contributed by atoms with Crippen LogP contribution in [0.15, 0.2) is 42.5 Å². The minimum absolute atomic E-state index is 0.224. The predicted octanol–water partition coefficient (Wildman–Crippen LogP) is 4.92. The van der Waals surface area contributed by atoms with Gasteiger partial charge < -0.3 is 9.64 Å². The topological polar surface area (TPSA) is 75.7 Å². The maximum Gasteiger partial charge on any atom is 0.410 e. The molecule has 1 unspecified atom stereocenters. The molecule has 1 fully saturated rings. The molecule has 0 radical (unpaired) electrons. The Bertz CT molecular complexity index is 1010. The molecule has 2 aromatic rings. The highest BCUT2D eigenvalue weighted by molar-refractivity contribution is 8.15. The molecule has 7 heteroatoms. The molecule has 1 aliphatic rings. The molecule has 2 aromatic carbocycles. The van der Waals surface area contributed by atoms with E-state index >= 15 is 0 Å². The van der Waals surface area contributed by atoms with Crippen LogP contribution < -0.4 is 5.32 Å². The van der Waals surface area contributed by atoms with E-state index in [0.29, 0.717) is 13.0 Å². The number of thioether (sulfide) groups is 1. The van der Waals surface area contributed by atoms with E-state index in [1.807, 2.05) is 58.0 Å². The van der Waals surface area contributed by atoms with Crippen LogP contribution >= 0.6 is 11.8 Å². The van der Waals surface area contributed by atoms with E-state index in [0.717, 1.165) is 39.6 Å². The molecular formula is C24H28N2O4S. The average Bonchev–Trinajstić information content (AvgIpc) is 2.97. The third-order valence-corrected chi connectivity index (χ3v) is 5.82. The zero-order valence-electron chi connectivity index (χ0n) is 18.5. The summed E-state index contributed by atoms with van der Waals surface area (Å²) in [6.07, 6.45) is 0.162. The van der Waals surface area contributed by atoms with Crippen LogP contribution in [0.1, 0.15) is 37.5 Å². The maximum atomic E-state index is 12.2. The second-order valence-electron chi connectivity index (χ2n) is 8.77. The lowest BCUT2D eigenvalue weighted by atomic mass is 9.95. The molecule has 0 saturated carbocycles. The van der Waals surface area contributed by atoms with Crippen LogP contribution in [0.25, 0.3) is 11.1 Å². The van der Waals surface area contributed by atoms with Gasteiger partial charge in [-0.05, 0) is 68.0 Å². The van der Waals surface area contributed by atoms with Crippen LogP contribution in [-0.2, 0) is 22.5 Å². The lowest BCUT2D eigenvalue weighted by molar-refractivity contribution is -0.118. The molecule has 1 aliphatic heterocycles. The number of aryl methyl sites for hydroxylation is 1. The van der Waals surface area contributed by atoms with Crippen molar-refractivity contribution in [1.82, 2.24) is 10.2 Å². The molecular weight excluding hydrogens is 412 g/mol. The first-order valence-electron chi connectivity index (χ1n) is 10.2. The zero-order valence-corrected chi connectivity index (χ0v) is 19.3. The minimum atomic E-state index is -0.531. The first-order valence-corrected chi connectivity index (χ1v) is 11.0. The van der Waals surface area contributed by atoms with Crippen molar-refractivity contribution in [2.75, 3.05) is 7.05 Å². The normalized spacial score (nSPS) is 16.2. The van der Waals surface area contributed by atoms with Crippen molar-refractivity contribution in [2.24, 2.45) is 0 Å². The van der Waals surface area contributed by atoms with E-state index in [4.69, 9.17) is 4.74 Å². The lowest BCUT2D eigenvalue weighted by Crippen LogP contribution is -2.33. The van der Waals surface area contributed by atoms with Crippen LogP contribution in [-0.4, -0.2) is 40.0 Å². The number of carbonyl (C=O) groups excluding carboxylic acids is 3. The van der Waals surface area contributed by atoms with Crippen molar-refractivity contribution in [2.45, 2.75) is 51.5 Å². The number of amides is 3. The average molecular weight is 441 g/mol. The van der Waals surface area contributed by atoms with Gasteiger partial charge in [-0.1, -0.05) is 48.2 Å². The maximum absolute atomic E-state index is 12.2. The van der Waals surface area contributed by atoms with Crippen LogP contribution in [0.2, 0.25) is 0 Å². The summed E-state index contributed by atoms with van der Waals surface area (Å²) in [6, 6.07) is 14.2. The smallest absolute Gasteiger partial charge is 0.410 e. The van der Waals surface area contributed by atoms with Gasteiger partial charge in [0.2, 0.25) is 5.91 Å². The molecule has 3 rings (SSSR count). The van der Waals surface area contributed by atoms with Crippen molar-refractivity contribution in [3.8, 4) is 11.1 Å². The fourth-order valence-corrected chi connectivity index (χ4v) is 4.29. The Morgan fingerprint density at radius 3 is 2.48 bits per heavy atom. The largest absolute Gasteiger partial charge is 0.444 e. The van der Waals surface area contributed by atoms with Crippen LogP contribution in [0.4, 0.5) is 9.59 Å². The van der Waals surface area contributed by atoms with E-state index < -0.39 is 5.60 Å². The fourth-order valence-electron chi connectivity index (χ4n) is 3.43. The number of nitrogens with one attached hydrogen (secondary N) is 1. The van der Waals surface area contributed by atoms with Gasteiger partial charge in [-0.3, -0.25) is 14.9 Å². The Morgan fingerprint density at radius 2 is 1.87 bits per heavy atom. The molecule has 1 saturated heterocycles. The molecule has 0 aromatic heterocycles. The molecule has 1 heterocycles. The van der Waals surface area contributed by atoms with Gasteiger partial charge >= 0.3 is 6.09 Å². The van der Waals surface area contributed by atoms with Gasteiger partial charge in [0.1, 0.15) is 5.60 Å². The number of carbonyl (C=O) groups is 3. The molecule has 1 N–H and O–H groups in total. The summed E-state index contributed by atoms with van der Waals surface area (Å²) >= 11 is 1.05. The second kappa shape index (κ2) is 9.14.